The second-order valence-electron chi connectivity index (χ2n) is 8.62. The van der Waals surface area contributed by atoms with Crippen LogP contribution in [0, 0.1) is 35.5 Å². The van der Waals surface area contributed by atoms with Gasteiger partial charge in [0.1, 0.15) is 6.17 Å². The van der Waals surface area contributed by atoms with Gasteiger partial charge in [-0.3, -0.25) is 0 Å². The molecule has 2 rings (SSSR count). The number of nitrogens with one attached hydrogen (secondary N) is 1. The Morgan fingerprint density at radius 3 is 2.13 bits per heavy atom. The molecule has 23 heavy (non-hydrogen) atoms. The molecule has 0 aromatic carbocycles. The highest BCUT2D eigenvalue weighted by Gasteiger charge is 2.45. The fourth-order valence-electron chi connectivity index (χ4n) is 4.72. The molecule has 1 N–H and O–H groups in total. The summed E-state index contributed by atoms with van der Waals surface area (Å²) < 4.78 is 14.7. The fourth-order valence-corrected chi connectivity index (χ4v) is 5.30. The summed E-state index contributed by atoms with van der Waals surface area (Å²) in [4.78, 5) is 0. The van der Waals surface area contributed by atoms with E-state index in [-0.39, 0.29) is 11.8 Å². The van der Waals surface area contributed by atoms with Crippen molar-refractivity contribution in [1.29, 1.82) is 0 Å². The summed E-state index contributed by atoms with van der Waals surface area (Å²) in [7, 11) is 2.06. The molecule has 0 radical (unpaired) electrons. The Hall–Kier alpha value is 0.240. The molecule has 0 bridgehead atoms. The monoisotopic (exact) mass is 343 g/mol. The average molecular weight is 344 g/mol. The molecule has 136 valence electrons. The summed E-state index contributed by atoms with van der Waals surface area (Å²) in [5.74, 6) is 3.86. The van der Waals surface area contributed by atoms with Crippen molar-refractivity contribution >= 4 is 11.8 Å². The van der Waals surface area contributed by atoms with Crippen LogP contribution in [0.2, 0.25) is 0 Å². The highest BCUT2D eigenvalue weighted by molar-refractivity contribution is 7.99. The summed E-state index contributed by atoms with van der Waals surface area (Å²) >= 11 is 1.80. The predicted molar refractivity (Wildman–Crippen MR) is 102 cm³/mol. The van der Waals surface area contributed by atoms with E-state index >= 15 is 0 Å². The third kappa shape index (κ3) is 4.66. The van der Waals surface area contributed by atoms with Crippen LogP contribution < -0.4 is 5.32 Å². The molecule has 0 aromatic heterocycles. The van der Waals surface area contributed by atoms with Gasteiger partial charge < -0.3 is 5.32 Å². The lowest BCUT2D eigenvalue weighted by Gasteiger charge is -2.50. The number of alkyl halides is 1. The Morgan fingerprint density at radius 1 is 1.04 bits per heavy atom. The van der Waals surface area contributed by atoms with Gasteiger partial charge in [-0.1, -0.05) is 20.8 Å². The summed E-state index contributed by atoms with van der Waals surface area (Å²) in [5.41, 5.74) is 0. The van der Waals surface area contributed by atoms with E-state index in [1.54, 1.807) is 11.8 Å². The molecule has 2 fully saturated rings. The van der Waals surface area contributed by atoms with Gasteiger partial charge in [-0.25, -0.2) is 4.39 Å². The van der Waals surface area contributed by atoms with E-state index in [2.05, 4.69) is 46.3 Å². The van der Waals surface area contributed by atoms with Gasteiger partial charge in [0.25, 0.3) is 0 Å². The molecule has 3 heteroatoms. The Morgan fingerprint density at radius 2 is 1.61 bits per heavy atom. The minimum atomic E-state index is -0.631. The molecule has 0 aliphatic heterocycles. The zero-order chi connectivity index (χ0) is 17.1. The van der Waals surface area contributed by atoms with E-state index < -0.39 is 6.17 Å². The lowest BCUT2D eigenvalue weighted by molar-refractivity contribution is -0.0135. The van der Waals surface area contributed by atoms with Crippen LogP contribution in [0.3, 0.4) is 0 Å². The maximum absolute atomic E-state index is 14.7. The second kappa shape index (κ2) is 8.56. The lowest BCUT2D eigenvalue weighted by Crippen LogP contribution is -2.43. The van der Waals surface area contributed by atoms with Crippen molar-refractivity contribution in [3.05, 3.63) is 0 Å². The molecule has 0 saturated heterocycles. The Balaban J connectivity index is 1.67. The van der Waals surface area contributed by atoms with Gasteiger partial charge in [0.2, 0.25) is 0 Å². The number of thioether (sulfide) groups is 1. The lowest BCUT2D eigenvalue weighted by atomic mass is 9.56. The van der Waals surface area contributed by atoms with E-state index in [4.69, 9.17) is 0 Å². The van der Waals surface area contributed by atoms with Crippen LogP contribution in [0.5, 0.6) is 0 Å². The smallest absolute Gasteiger partial charge is 0.106 e. The minimum absolute atomic E-state index is 0.176. The van der Waals surface area contributed by atoms with Crippen LogP contribution in [-0.2, 0) is 0 Å². The molecule has 0 aromatic rings. The van der Waals surface area contributed by atoms with Crippen LogP contribution in [0.1, 0.15) is 59.8 Å². The van der Waals surface area contributed by atoms with Crippen LogP contribution in [0.15, 0.2) is 0 Å². The predicted octanol–water partition coefficient (Wildman–Crippen LogP) is 5.40. The molecule has 5 atom stereocenters. The van der Waals surface area contributed by atoms with E-state index in [9.17, 15) is 4.39 Å². The first kappa shape index (κ1) is 19.6. The van der Waals surface area contributed by atoms with Crippen molar-refractivity contribution in [2.45, 2.75) is 77.3 Å². The van der Waals surface area contributed by atoms with Crippen molar-refractivity contribution in [2.24, 2.45) is 35.5 Å². The highest BCUT2D eigenvalue weighted by Crippen LogP contribution is 2.53. The van der Waals surface area contributed by atoms with Gasteiger partial charge >= 0.3 is 0 Å². The molecule has 2 aliphatic carbocycles. The molecular weight excluding hydrogens is 305 g/mol. The van der Waals surface area contributed by atoms with Crippen LogP contribution in [0.4, 0.5) is 4.39 Å². The Labute approximate surface area is 147 Å². The quantitative estimate of drug-likeness (QED) is 0.601. The molecule has 2 aliphatic rings. The highest BCUT2D eigenvalue weighted by atomic mass is 32.2. The van der Waals surface area contributed by atoms with Gasteiger partial charge in [0.05, 0.1) is 0 Å². The zero-order valence-electron chi connectivity index (χ0n) is 16.0. The van der Waals surface area contributed by atoms with Gasteiger partial charge in [0.15, 0.2) is 0 Å². The van der Waals surface area contributed by atoms with Crippen LogP contribution >= 0.6 is 11.8 Å². The molecule has 0 amide bonds. The number of hydrogen-bond acceptors (Lipinski definition) is 2. The maximum atomic E-state index is 14.7. The standard InChI is InChI=1S/C20H38FNS/c1-12(22-5)7-16-8-18(9-16)19-10-17(11-19)14(3)20(21)13(2)15(4)23-6/h12-20,22H,7-11H2,1-6H3. The topological polar surface area (TPSA) is 12.0 Å². The van der Waals surface area contributed by atoms with E-state index in [0.717, 1.165) is 17.8 Å². The van der Waals surface area contributed by atoms with Gasteiger partial charge in [-0.05, 0) is 87.8 Å². The molecule has 2 saturated carbocycles. The number of hydrogen-bond donors (Lipinski definition) is 1. The molecule has 0 spiro atoms. The number of rotatable bonds is 9. The molecule has 0 heterocycles. The van der Waals surface area contributed by atoms with Gasteiger partial charge in [-0.2, -0.15) is 11.8 Å². The van der Waals surface area contributed by atoms with Crippen molar-refractivity contribution in [1.82, 2.24) is 5.32 Å². The summed E-state index contributed by atoms with van der Waals surface area (Å²) in [6.45, 7) is 8.70. The van der Waals surface area contributed by atoms with Crippen molar-refractivity contribution < 1.29 is 4.39 Å². The van der Waals surface area contributed by atoms with E-state index in [0.29, 0.717) is 17.2 Å². The van der Waals surface area contributed by atoms with E-state index in [1.165, 1.54) is 32.1 Å². The third-order valence-corrected chi connectivity index (χ3v) is 8.36. The van der Waals surface area contributed by atoms with Crippen molar-refractivity contribution in [3.63, 3.8) is 0 Å². The SMILES string of the molecule is CNC(C)CC1CC(C2CC(C(C)C(F)C(C)C(C)SC)C2)C1. The summed E-state index contributed by atoms with van der Waals surface area (Å²) in [6, 6.07) is 0.655. The van der Waals surface area contributed by atoms with E-state index in [1.807, 2.05) is 0 Å². The summed E-state index contributed by atoms with van der Waals surface area (Å²) in [5, 5.41) is 3.77. The van der Waals surface area contributed by atoms with Gasteiger partial charge in [0, 0.05) is 11.3 Å². The van der Waals surface area contributed by atoms with Crippen molar-refractivity contribution in [3.8, 4) is 0 Å². The van der Waals surface area contributed by atoms with Gasteiger partial charge in [-0.15, -0.1) is 0 Å². The van der Waals surface area contributed by atoms with Crippen LogP contribution in [0.25, 0.3) is 0 Å². The van der Waals surface area contributed by atoms with Crippen LogP contribution in [-0.4, -0.2) is 30.8 Å². The first-order chi connectivity index (χ1) is 10.9. The van der Waals surface area contributed by atoms with Crippen molar-refractivity contribution in [2.75, 3.05) is 13.3 Å². The Kier molecular flexibility index (Phi) is 7.28. The zero-order valence-corrected chi connectivity index (χ0v) is 16.8. The maximum Gasteiger partial charge on any atom is 0.106 e. The second-order valence-corrected chi connectivity index (χ2v) is 9.83. The fraction of sp³-hybridized carbons (Fsp3) is 1.00. The minimum Gasteiger partial charge on any atom is -0.317 e. The molecular formula is C20H38FNS. The average Bonchev–Trinajstić information content (AvgIpc) is 2.47. The normalized spacial score (nSPS) is 37.2. The molecule has 5 unspecified atom stereocenters. The molecule has 1 nitrogen and oxygen atoms in total. The first-order valence-electron chi connectivity index (χ1n) is 9.71. The summed E-state index contributed by atoms with van der Waals surface area (Å²) in [6.07, 6.45) is 8.24. The first-order valence-corrected chi connectivity index (χ1v) is 11.0. The third-order valence-electron chi connectivity index (χ3n) is 7.19. The number of halogens is 1. The Bertz CT molecular complexity index is 352. The largest absolute Gasteiger partial charge is 0.317 e.